The zero-order valence-electron chi connectivity index (χ0n) is 12.7. The van der Waals surface area contributed by atoms with Crippen LogP contribution in [-0.4, -0.2) is 31.4 Å². The van der Waals surface area contributed by atoms with Gasteiger partial charge in [0, 0.05) is 0 Å². The summed E-state index contributed by atoms with van der Waals surface area (Å²) < 4.78 is 23.1. The van der Waals surface area contributed by atoms with Crippen LogP contribution in [0.4, 0.5) is 0 Å². The molecule has 0 heterocycles. The number of rotatable bonds is 6. The van der Waals surface area contributed by atoms with Gasteiger partial charge < -0.3 is 10.4 Å². The first-order chi connectivity index (χ1) is 10.0. The highest BCUT2D eigenvalue weighted by Gasteiger charge is 2.25. The Balaban J connectivity index is 3.17. The number of amides is 1. The summed E-state index contributed by atoms with van der Waals surface area (Å²) in [7, 11) is -4.08. The molecule has 0 bridgehead atoms. The summed E-state index contributed by atoms with van der Waals surface area (Å²) >= 11 is 0. The van der Waals surface area contributed by atoms with Gasteiger partial charge in [-0.25, -0.2) is 18.4 Å². The third-order valence-corrected chi connectivity index (χ3v) is 3.97. The van der Waals surface area contributed by atoms with Crippen molar-refractivity contribution in [3.05, 3.63) is 29.3 Å². The Kier molecular flexibility index (Phi) is 5.67. The largest absolute Gasteiger partial charge is 0.480 e. The molecular weight excluding hydrogens is 308 g/mol. The second kappa shape index (κ2) is 6.89. The first-order valence-corrected chi connectivity index (χ1v) is 8.24. The molecule has 7 nitrogen and oxygen atoms in total. The molecule has 122 valence electrons. The molecule has 0 aliphatic heterocycles. The lowest BCUT2D eigenvalue weighted by molar-refractivity contribution is -0.139. The Morgan fingerprint density at radius 3 is 2.36 bits per heavy atom. The maximum absolute atomic E-state index is 12.3. The fourth-order valence-electron chi connectivity index (χ4n) is 2.00. The molecule has 0 spiro atoms. The summed E-state index contributed by atoms with van der Waals surface area (Å²) in [5.74, 6) is -1.90. The minimum atomic E-state index is -4.08. The van der Waals surface area contributed by atoms with Crippen molar-refractivity contribution in [1.82, 2.24) is 5.32 Å². The van der Waals surface area contributed by atoms with Gasteiger partial charge in [0.2, 0.25) is 10.0 Å². The average Bonchev–Trinajstić information content (AvgIpc) is 2.35. The Morgan fingerprint density at radius 2 is 1.91 bits per heavy atom. The summed E-state index contributed by atoms with van der Waals surface area (Å²) in [5.41, 5.74) is 0.505. The van der Waals surface area contributed by atoms with Crippen LogP contribution in [0.1, 0.15) is 36.2 Å². The second-order valence-corrected chi connectivity index (χ2v) is 7.07. The number of nitrogens with one attached hydrogen (secondary N) is 1. The number of carbonyl (C=O) groups excluding carboxylic acids is 1. The predicted molar refractivity (Wildman–Crippen MR) is 80.9 cm³/mol. The van der Waals surface area contributed by atoms with Gasteiger partial charge in [0.05, 0.1) is 10.5 Å². The molecule has 1 amide bonds. The van der Waals surface area contributed by atoms with Gasteiger partial charge in [-0.2, -0.15) is 0 Å². The van der Waals surface area contributed by atoms with E-state index in [4.69, 9.17) is 10.2 Å². The number of benzene rings is 1. The first-order valence-electron chi connectivity index (χ1n) is 6.69. The number of carboxylic acids is 1. The molecule has 0 aromatic heterocycles. The number of nitrogens with two attached hydrogens (primary N) is 1. The van der Waals surface area contributed by atoms with E-state index in [1.165, 1.54) is 18.2 Å². The van der Waals surface area contributed by atoms with Gasteiger partial charge in [-0.15, -0.1) is 0 Å². The van der Waals surface area contributed by atoms with Crippen LogP contribution < -0.4 is 10.5 Å². The first kappa shape index (κ1) is 18.1. The molecule has 8 heteroatoms. The average molecular weight is 328 g/mol. The van der Waals surface area contributed by atoms with Gasteiger partial charge in [-0.05, 0) is 31.4 Å². The Labute approximate surface area is 129 Å². The van der Waals surface area contributed by atoms with Crippen molar-refractivity contribution in [3.8, 4) is 0 Å². The molecule has 1 rings (SSSR count). The molecule has 0 radical (unpaired) electrons. The third-order valence-electron chi connectivity index (χ3n) is 3.00. The van der Waals surface area contributed by atoms with Gasteiger partial charge in [0.15, 0.2) is 0 Å². The Hall–Kier alpha value is -1.93. The molecule has 0 unspecified atom stereocenters. The molecule has 4 N–H and O–H groups in total. The van der Waals surface area contributed by atoms with Crippen LogP contribution >= 0.6 is 0 Å². The SMILES string of the molecule is Cc1ccc(S(N)(=O)=O)c(C(=O)N[C@@H](CC(C)C)C(=O)O)c1. The third kappa shape index (κ3) is 4.81. The smallest absolute Gasteiger partial charge is 0.326 e. The molecule has 0 saturated heterocycles. The van der Waals surface area contributed by atoms with E-state index in [0.717, 1.165) is 0 Å². The molecule has 1 aromatic rings. The van der Waals surface area contributed by atoms with Crippen molar-refractivity contribution in [3.63, 3.8) is 0 Å². The maximum atomic E-state index is 12.3. The lowest BCUT2D eigenvalue weighted by atomic mass is 10.0. The minimum Gasteiger partial charge on any atom is -0.480 e. The molecule has 22 heavy (non-hydrogen) atoms. The highest BCUT2D eigenvalue weighted by atomic mass is 32.2. The number of aliphatic carboxylic acids is 1. The number of sulfonamides is 1. The summed E-state index contributed by atoms with van der Waals surface area (Å²) in [6, 6.07) is 3.02. The van der Waals surface area contributed by atoms with Crippen LogP contribution in [0.15, 0.2) is 23.1 Å². The van der Waals surface area contributed by atoms with E-state index >= 15 is 0 Å². The van der Waals surface area contributed by atoms with Gasteiger partial charge in [-0.1, -0.05) is 25.5 Å². The lowest BCUT2D eigenvalue weighted by Gasteiger charge is -2.17. The van der Waals surface area contributed by atoms with Crippen LogP contribution in [0.25, 0.3) is 0 Å². The van der Waals surface area contributed by atoms with Crippen molar-refractivity contribution < 1.29 is 23.1 Å². The quantitative estimate of drug-likeness (QED) is 0.714. The number of hydrogen-bond donors (Lipinski definition) is 3. The monoisotopic (exact) mass is 328 g/mol. The molecule has 1 atom stereocenters. The summed E-state index contributed by atoms with van der Waals surface area (Å²) in [6.07, 6.45) is 0.234. The number of hydrogen-bond acceptors (Lipinski definition) is 4. The van der Waals surface area contributed by atoms with Crippen molar-refractivity contribution in [1.29, 1.82) is 0 Å². The topological polar surface area (TPSA) is 127 Å². The van der Waals surface area contributed by atoms with E-state index in [2.05, 4.69) is 5.32 Å². The van der Waals surface area contributed by atoms with Crippen LogP contribution in [0.2, 0.25) is 0 Å². The molecule has 0 aliphatic rings. The number of carboxylic acid groups (broad SMARTS) is 1. The van der Waals surface area contributed by atoms with Crippen LogP contribution in [0.3, 0.4) is 0 Å². The van der Waals surface area contributed by atoms with Gasteiger partial charge in [0.1, 0.15) is 6.04 Å². The fourth-order valence-corrected chi connectivity index (χ4v) is 2.71. The summed E-state index contributed by atoms with van der Waals surface area (Å²) in [4.78, 5) is 23.1. The van der Waals surface area contributed by atoms with Crippen molar-refractivity contribution in [2.75, 3.05) is 0 Å². The molecule has 0 fully saturated rings. The standard InChI is InChI=1S/C14H20N2O5S/c1-8(2)6-11(14(18)19)16-13(17)10-7-9(3)4-5-12(10)22(15,20)21/h4-5,7-8,11H,6H2,1-3H3,(H,16,17)(H,18,19)(H2,15,20,21)/t11-/m0/s1. The number of primary sulfonamides is 1. The van der Waals surface area contributed by atoms with Gasteiger partial charge in [-0.3, -0.25) is 4.79 Å². The highest BCUT2D eigenvalue weighted by molar-refractivity contribution is 7.89. The highest BCUT2D eigenvalue weighted by Crippen LogP contribution is 2.17. The molecule has 1 aromatic carbocycles. The van der Waals surface area contributed by atoms with Crippen molar-refractivity contribution in [2.45, 2.75) is 38.1 Å². The van der Waals surface area contributed by atoms with E-state index in [1.807, 2.05) is 13.8 Å². The Morgan fingerprint density at radius 1 is 1.32 bits per heavy atom. The van der Waals surface area contributed by atoms with E-state index in [-0.39, 0.29) is 22.8 Å². The number of carbonyl (C=O) groups is 2. The summed E-state index contributed by atoms with van der Waals surface area (Å²) in [5, 5.41) is 16.6. The Bertz CT molecular complexity index is 682. The van der Waals surface area contributed by atoms with Crippen LogP contribution in [0, 0.1) is 12.8 Å². The summed E-state index contributed by atoms with van der Waals surface area (Å²) in [6.45, 7) is 5.33. The van der Waals surface area contributed by atoms with Crippen molar-refractivity contribution >= 4 is 21.9 Å². The minimum absolute atomic E-state index is 0.0524. The zero-order chi connectivity index (χ0) is 17.1. The second-order valence-electron chi connectivity index (χ2n) is 5.54. The van der Waals surface area contributed by atoms with Crippen molar-refractivity contribution in [2.24, 2.45) is 11.1 Å². The number of aryl methyl sites for hydroxylation is 1. The maximum Gasteiger partial charge on any atom is 0.326 e. The van der Waals surface area contributed by atoms with Crippen LogP contribution in [-0.2, 0) is 14.8 Å². The lowest BCUT2D eigenvalue weighted by Crippen LogP contribution is -2.42. The van der Waals surface area contributed by atoms with E-state index in [1.54, 1.807) is 6.92 Å². The van der Waals surface area contributed by atoms with Crippen LogP contribution in [0.5, 0.6) is 0 Å². The van der Waals surface area contributed by atoms with Gasteiger partial charge >= 0.3 is 5.97 Å². The fraction of sp³-hybridized carbons (Fsp3) is 0.429. The normalized spacial score (nSPS) is 13.0. The van der Waals surface area contributed by atoms with Gasteiger partial charge in [0.25, 0.3) is 5.91 Å². The van der Waals surface area contributed by atoms with E-state index in [0.29, 0.717) is 5.56 Å². The molecule has 0 aliphatic carbocycles. The van der Waals surface area contributed by atoms with E-state index < -0.39 is 27.9 Å². The zero-order valence-corrected chi connectivity index (χ0v) is 13.5. The molecular formula is C14H20N2O5S. The predicted octanol–water partition coefficient (Wildman–Crippen LogP) is 0.872. The van der Waals surface area contributed by atoms with E-state index in [9.17, 15) is 18.0 Å². The molecule has 0 saturated carbocycles.